The van der Waals surface area contributed by atoms with Gasteiger partial charge in [0.25, 0.3) is 5.91 Å². The SMILES string of the molecule is COc1ccc(C(=O)NC2C3CC4CC(C3)CC2C4)cc1[N+](=O)[O-]. The lowest BCUT2D eigenvalue weighted by Crippen LogP contribution is -2.55. The van der Waals surface area contributed by atoms with Gasteiger partial charge in [-0.05, 0) is 67.9 Å². The van der Waals surface area contributed by atoms with Gasteiger partial charge in [0.2, 0.25) is 0 Å². The molecule has 4 bridgehead atoms. The minimum Gasteiger partial charge on any atom is -0.490 e. The van der Waals surface area contributed by atoms with Crippen molar-refractivity contribution >= 4 is 11.6 Å². The molecule has 0 spiro atoms. The predicted octanol–water partition coefficient (Wildman–Crippen LogP) is 3.16. The molecule has 0 saturated heterocycles. The highest BCUT2D eigenvalue weighted by Gasteiger charge is 2.48. The molecule has 4 aliphatic rings. The Bertz CT molecular complexity index is 660. The van der Waals surface area contributed by atoms with E-state index in [1.54, 1.807) is 6.07 Å². The molecule has 0 radical (unpaired) electrons. The van der Waals surface area contributed by atoms with Crippen LogP contribution in [-0.2, 0) is 0 Å². The van der Waals surface area contributed by atoms with Crippen LogP contribution in [0.1, 0.15) is 42.5 Å². The van der Waals surface area contributed by atoms with Gasteiger partial charge in [-0.3, -0.25) is 14.9 Å². The van der Waals surface area contributed by atoms with Crippen LogP contribution < -0.4 is 10.1 Å². The summed E-state index contributed by atoms with van der Waals surface area (Å²) in [7, 11) is 1.39. The molecule has 24 heavy (non-hydrogen) atoms. The Morgan fingerprint density at radius 2 is 1.79 bits per heavy atom. The number of carbonyl (C=O) groups is 1. The van der Waals surface area contributed by atoms with Crippen molar-refractivity contribution in [2.24, 2.45) is 23.7 Å². The maximum atomic E-state index is 12.6. The minimum absolute atomic E-state index is 0.171. The van der Waals surface area contributed by atoms with Crippen molar-refractivity contribution < 1.29 is 14.5 Å². The Morgan fingerprint density at radius 3 is 2.33 bits per heavy atom. The molecule has 6 heteroatoms. The van der Waals surface area contributed by atoms with Gasteiger partial charge in [-0.15, -0.1) is 0 Å². The van der Waals surface area contributed by atoms with Crippen LogP contribution in [0.5, 0.6) is 5.75 Å². The number of nitro benzene ring substituents is 1. The van der Waals surface area contributed by atoms with Crippen molar-refractivity contribution in [1.82, 2.24) is 5.32 Å². The summed E-state index contributed by atoms with van der Waals surface area (Å²) in [5.41, 5.74) is 0.159. The number of rotatable bonds is 4. The van der Waals surface area contributed by atoms with Gasteiger partial charge in [0.15, 0.2) is 5.75 Å². The fourth-order valence-electron chi connectivity index (χ4n) is 5.37. The Balaban J connectivity index is 1.52. The Kier molecular flexibility index (Phi) is 3.70. The maximum Gasteiger partial charge on any atom is 0.311 e. The van der Waals surface area contributed by atoms with Gasteiger partial charge >= 0.3 is 5.69 Å². The second-order valence-corrected chi connectivity index (χ2v) is 7.57. The van der Waals surface area contributed by atoms with Crippen LogP contribution in [0.3, 0.4) is 0 Å². The van der Waals surface area contributed by atoms with Crippen LogP contribution in [0.25, 0.3) is 0 Å². The van der Waals surface area contributed by atoms with Crippen molar-refractivity contribution in [2.45, 2.75) is 38.1 Å². The number of carbonyl (C=O) groups excluding carboxylic acids is 1. The molecular formula is C18H22N2O4. The van der Waals surface area contributed by atoms with E-state index in [1.807, 2.05) is 0 Å². The average molecular weight is 330 g/mol. The number of benzene rings is 1. The molecule has 0 heterocycles. The fraction of sp³-hybridized carbons (Fsp3) is 0.611. The zero-order chi connectivity index (χ0) is 16.8. The van der Waals surface area contributed by atoms with Crippen LogP contribution in [0.4, 0.5) is 5.69 Å². The molecule has 4 aliphatic carbocycles. The van der Waals surface area contributed by atoms with Gasteiger partial charge in [0.1, 0.15) is 0 Å². The summed E-state index contributed by atoms with van der Waals surface area (Å²) in [5.74, 6) is 2.83. The first kappa shape index (κ1) is 15.4. The van der Waals surface area contributed by atoms with Gasteiger partial charge < -0.3 is 10.1 Å². The molecule has 1 aromatic carbocycles. The van der Waals surface area contributed by atoms with Gasteiger partial charge in [0, 0.05) is 17.7 Å². The lowest BCUT2D eigenvalue weighted by molar-refractivity contribution is -0.385. The number of nitro groups is 1. The summed E-state index contributed by atoms with van der Waals surface area (Å²) in [5, 5.41) is 14.3. The van der Waals surface area contributed by atoms with E-state index in [0.29, 0.717) is 17.4 Å². The lowest BCUT2D eigenvalue weighted by atomic mass is 9.54. The Morgan fingerprint density at radius 1 is 1.17 bits per heavy atom. The van der Waals surface area contributed by atoms with Crippen LogP contribution in [0.15, 0.2) is 18.2 Å². The molecule has 128 valence electrons. The molecule has 1 aromatic rings. The van der Waals surface area contributed by atoms with Gasteiger partial charge in [-0.1, -0.05) is 0 Å². The standard InChI is InChI=1S/C18H22N2O4/c1-24-16-3-2-12(9-15(16)20(22)23)18(21)19-17-13-5-10-4-11(7-13)8-14(17)6-10/h2-3,9-11,13-14,17H,4-8H2,1H3,(H,19,21). The number of hydrogen-bond donors (Lipinski definition) is 1. The number of ether oxygens (including phenoxy) is 1. The summed E-state index contributed by atoms with van der Waals surface area (Å²) in [6.07, 6.45) is 6.27. The fourth-order valence-corrected chi connectivity index (χ4v) is 5.37. The molecule has 1 amide bonds. The van der Waals surface area contributed by atoms with E-state index in [9.17, 15) is 14.9 Å². The predicted molar refractivity (Wildman–Crippen MR) is 87.9 cm³/mol. The molecule has 0 unspecified atom stereocenters. The van der Waals surface area contributed by atoms with Crippen LogP contribution in [0.2, 0.25) is 0 Å². The van der Waals surface area contributed by atoms with Crippen molar-refractivity contribution in [1.29, 1.82) is 0 Å². The minimum atomic E-state index is -0.515. The van der Waals surface area contributed by atoms with Crippen LogP contribution in [0, 0.1) is 33.8 Å². The monoisotopic (exact) mass is 330 g/mol. The highest BCUT2D eigenvalue weighted by atomic mass is 16.6. The summed E-state index contributed by atoms with van der Waals surface area (Å²) in [4.78, 5) is 23.3. The number of hydrogen-bond acceptors (Lipinski definition) is 4. The molecule has 0 atom stereocenters. The first-order valence-electron chi connectivity index (χ1n) is 8.68. The van der Waals surface area contributed by atoms with Gasteiger partial charge in [-0.2, -0.15) is 0 Å². The van der Waals surface area contributed by atoms with Gasteiger partial charge in [-0.25, -0.2) is 0 Å². The van der Waals surface area contributed by atoms with Crippen molar-refractivity contribution in [3.63, 3.8) is 0 Å². The average Bonchev–Trinajstić information content (AvgIpc) is 2.56. The molecule has 4 saturated carbocycles. The van der Waals surface area contributed by atoms with Crippen molar-refractivity contribution in [3.8, 4) is 5.75 Å². The number of methoxy groups -OCH3 is 1. The maximum absolute atomic E-state index is 12.6. The van der Waals surface area contributed by atoms with Crippen molar-refractivity contribution in [3.05, 3.63) is 33.9 Å². The van der Waals surface area contributed by atoms with Crippen LogP contribution in [-0.4, -0.2) is 24.0 Å². The zero-order valence-corrected chi connectivity index (χ0v) is 13.7. The van der Waals surface area contributed by atoms with Gasteiger partial charge in [0.05, 0.1) is 12.0 Å². The first-order valence-corrected chi connectivity index (χ1v) is 8.68. The summed E-state index contributed by atoms with van der Waals surface area (Å²) in [6, 6.07) is 4.62. The molecule has 4 fully saturated rings. The highest BCUT2D eigenvalue weighted by molar-refractivity contribution is 5.95. The second-order valence-electron chi connectivity index (χ2n) is 7.57. The summed E-state index contributed by atoms with van der Waals surface area (Å²) < 4.78 is 5.00. The quantitative estimate of drug-likeness (QED) is 0.679. The van der Waals surface area contributed by atoms with E-state index in [1.165, 1.54) is 51.3 Å². The molecule has 0 aliphatic heterocycles. The van der Waals surface area contributed by atoms with E-state index in [-0.39, 0.29) is 23.4 Å². The molecule has 1 N–H and O–H groups in total. The largest absolute Gasteiger partial charge is 0.490 e. The van der Waals surface area contributed by atoms with E-state index in [2.05, 4.69) is 5.32 Å². The van der Waals surface area contributed by atoms with Crippen molar-refractivity contribution in [2.75, 3.05) is 7.11 Å². The topological polar surface area (TPSA) is 81.5 Å². The first-order chi connectivity index (χ1) is 11.5. The normalized spacial score (nSPS) is 33.3. The third kappa shape index (κ3) is 2.54. The highest BCUT2D eigenvalue weighted by Crippen LogP contribution is 2.53. The zero-order valence-electron chi connectivity index (χ0n) is 13.7. The van der Waals surface area contributed by atoms with Crippen LogP contribution >= 0.6 is 0 Å². The van der Waals surface area contributed by atoms with E-state index >= 15 is 0 Å². The third-order valence-electron chi connectivity index (χ3n) is 6.16. The second kappa shape index (κ2) is 5.76. The molecule has 6 nitrogen and oxygen atoms in total. The molecule has 0 aromatic heterocycles. The molecular weight excluding hydrogens is 308 g/mol. The van der Waals surface area contributed by atoms with E-state index < -0.39 is 4.92 Å². The van der Waals surface area contributed by atoms with E-state index in [0.717, 1.165) is 11.8 Å². The number of nitrogens with one attached hydrogen (secondary N) is 1. The summed E-state index contributed by atoms with van der Waals surface area (Å²) in [6.45, 7) is 0. The summed E-state index contributed by atoms with van der Waals surface area (Å²) >= 11 is 0. The Hall–Kier alpha value is -2.11. The lowest BCUT2D eigenvalue weighted by Gasteiger charge is -2.54. The molecule has 5 rings (SSSR count). The smallest absolute Gasteiger partial charge is 0.311 e. The van der Waals surface area contributed by atoms with E-state index in [4.69, 9.17) is 4.74 Å². The number of amides is 1. The third-order valence-corrected chi connectivity index (χ3v) is 6.16. The Labute approximate surface area is 140 Å². The number of nitrogens with zero attached hydrogens (tertiary/aromatic N) is 1.